The molecule has 10 heteroatoms. The van der Waals surface area contributed by atoms with Gasteiger partial charge < -0.3 is 10.1 Å². The second-order valence-corrected chi connectivity index (χ2v) is 7.86. The molecule has 7 nitrogen and oxygen atoms in total. The first kappa shape index (κ1) is 20.6. The largest absolute Gasteiger partial charge is 0.496 e. The van der Waals surface area contributed by atoms with Crippen molar-refractivity contribution in [1.29, 1.82) is 0 Å². The molecule has 2 heterocycles. The number of alkyl halides is 3. The van der Waals surface area contributed by atoms with Crippen molar-refractivity contribution in [2.75, 3.05) is 25.5 Å². The van der Waals surface area contributed by atoms with Crippen LogP contribution in [0.2, 0.25) is 0 Å². The standard InChI is InChI=1S/C20H24F3N5O2/c1-27-18(15-8-5-12(20(21,22)23)10-16(15)30-2)26-25-17(19(27)29)24-13-4-3-9-28(11-13)14-6-7-14/h5,8,10,13-14H,3-4,6-7,9,11H2,1-2H3,(H,24,25)/t13-/m1/s1. The summed E-state index contributed by atoms with van der Waals surface area (Å²) in [6.07, 6.45) is -0.0212. The monoisotopic (exact) mass is 423 g/mol. The molecule has 1 saturated carbocycles. The number of benzene rings is 1. The number of hydrogen-bond acceptors (Lipinski definition) is 6. The van der Waals surface area contributed by atoms with Gasteiger partial charge in [0.1, 0.15) is 5.75 Å². The van der Waals surface area contributed by atoms with Crippen molar-refractivity contribution in [3.05, 3.63) is 34.1 Å². The van der Waals surface area contributed by atoms with Crippen molar-refractivity contribution in [3.63, 3.8) is 0 Å². The third-order valence-electron chi connectivity index (χ3n) is 5.70. The molecule has 1 aliphatic heterocycles. The fourth-order valence-corrected chi connectivity index (χ4v) is 3.93. The van der Waals surface area contributed by atoms with Crippen LogP contribution in [0.5, 0.6) is 5.75 Å². The molecule has 162 valence electrons. The molecule has 1 aromatic carbocycles. The Kier molecular flexibility index (Phi) is 5.44. The van der Waals surface area contributed by atoms with Crippen LogP contribution in [0.4, 0.5) is 19.0 Å². The molecular weight excluding hydrogens is 399 g/mol. The minimum Gasteiger partial charge on any atom is -0.496 e. The second kappa shape index (κ2) is 7.90. The molecule has 30 heavy (non-hydrogen) atoms. The summed E-state index contributed by atoms with van der Waals surface area (Å²) < 4.78 is 45.4. The van der Waals surface area contributed by atoms with Crippen LogP contribution in [0.3, 0.4) is 0 Å². The van der Waals surface area contributed by atoms with Crippen LogP contribution in [0.1, 0.15) is 31.2 Å². The van der Waals surface area contributed by atoms with Crippen LogP contribution < -0.4 is 15.6 Å². The van der Waals surface area contributed by atoms with Crippen LogP contribution in [-0.4, -0.2) is 51.9 Å². The van der Waals surface area contributed by atoms with Crippen molar-refractivity contribution in [1.82, 2.24) is 19.7 Å². The van der Waals surface area contributed by atoms with Crippen LogP contribution in [0.15, 0.2) is 23.0 Å². The fourth-order valence-electron chi connectivity index (χ4n) is 3.93. The topological polar surface area (TPSA) is 72.3 Å². The number of rotatable bonds is 5. The highest BCUT2D eigenvalue weighted by Gasteiger charge is 2.33. The van der Waals surface area contributed by atoms with Gasteiger partial charge >= 0.3 is 6.18 Å². The second-order valence-electron chi connectivity index (χ2n) is 7.86. The summed E-state index contributed by atoms with van der Waals surface area (Å²) in [5, 5.41) is 11.4. The molecule has 2 fully saturated rings. The van der Waals surface area contributed by atoms with E-state index in [4.69, 9.17) is 4.74 Å². The number of nitrogens with one attached hydrogen (secondary N) is 1. The molecule has 0 bridgehead atoms. The van der Waals surface area contributed by atoms with Crippen LogP contribution in [0.25, 0.3) is 11.4 Å². The van der Waals surface area contributed by atoms with Crippen molar-refractivity contribution in [2.45, 2.75) is 43.9 Å². The van der Waals surface area contributed by atoms with E-state index in [-0.39, 0.29) is 34.6 Å². The number of aromatic nitrogens is 3. The van der Waals surface area contributed by atoms with Gasteiger partial charge in [-0.15, -0.1) is 10.2 Å². The molecule has 0 amide bonds. The number of anilines is 1. The third kappa shape index (κ3) is 4.14. The highest BCUT2D eigenvalue weighted by Crippen LogP contribution is 2.36. The summed E-state index contributed by atoms with van der Waals surface area (Å²) >= 11 is 0. The van der Waals surface area contributed by atoms with Crippen molar-refractivity contribution < 1.29 is 17.9 Å². The lowest BCUT2D eigenvalue weighted by atomic mass is 10.1. The van der Waals surface area contributed by atoms with Crippen molar-refractivity contribution in [3.8, 4) is 17.1 Å². The zero-order chi connectivity index (χ0) is 21.5. The van der Waals surface area contributed by atoms with E-state index in [1.807, 2.05) is 0 Å². The first-order valence-corrected chi connectivity index (χ1v) is 9.98. The number of hydrogen-bond donors (Lipinski definition) is 1. The van der Waals surface area contributed by atoms with Gasteiger partial charge in [-0.1, -0.05) is 0 Å². The lowest BCUT2D eigenvalue weighted by molar-refractivity contribution is -0.137. The lowest BCUT2D eigenvalue weighted by Gasteiger charge is -2.33. The maximum absolute atomic E-state index is 13.0. The average Bonchev–Trinajstić information content (AvgIpc) is 3.56. The first-order valence-electron chi connectivity index (χ1n) is 9.98. The normalized spacial score (nSPS) is 20.2. The molecule has 1 aromatic heterocycles. The molecule has 0 unspecified atom stereocenters. The molecule has 2 aliphatic rings. The maximum atomic E-state index is 13.0. The Morgan fingerprint density at radius 1 is 1.20 bits per heavy atom. The van der Waals surface area contributed by atoms with Gasteiger partial charge in [-0.05, 0) is 50.4 Å². The van der Waals surface area contributed by atoms with E-state index in [0.29, 0.717) is 6.04 Å². The SMILES string of the molecule is COc1cc(C(F)(F)F)ccc1-c1nnc(N[C@@H]2CCCN(C3CC3)C2)c(=O)n1C. The smallest absolute Gasteiger partial charge is 0.416 e. The Labute approximate surface area is 171 Å². The molecule has 0 spiro atoms. The fraction of sp³-hybridized carbons (Fsp3) is 0.550. The van der Waals surface area contributed by atoms with Crippen LogP contribution >= 0.6 is 0 Å². The van der Waals surface area contributed by atoms with E-state index in [2.05, 4.69) is 20.4 Å². The van der Waals surface area contributed by atoms with Gasteiger partial charge in [-0.2, -0.15) is 13.2 Å². The van der Waals surface area contributed by atoms with E-state index in [1.165, 1.54) is 37.6 Å². The van der Waals surface area contributed by atoms with Gasteiger partial charge in [0, 0.05) is 25.7 Å². The highest BCUT2D eigenvalue weighted by molar-refractivity contribution is 5.65. The number of likely N-dealkylation sites (tertiary alicyclic amines) is 1. The summed E-state index contributed by atoms with van der Waals surface area (Å²) in [7, 11) is 2.79. The van der Waals surface area contributed by atoms with E-state index in [1.54, 1.807) is 0 Å². The first-order chi connectivity index (χ1) is 14.3. The highest BCUT2D eigenvalue weighted by atomic mass is 19.4. The third-order valence-corrected chi connectivity index (χ3v) is 5.70. The summed E-state index contributed by atoms with van der Waals surface area (Å²) in [4.78, 5) is 15.3. The van der Waals surface area contributed by atoms with E-state index >= 15 is 0 Å². The van der Waals surface area contributed by atoms with E-state index in [9.17, 15) is 18.0 Å². The number of halogens is 3. The molecule has 0 radical (unpaired) electrons. The van der Waals surface area contributed by atoms with Crippen molar-refractivity contribution >= 4 is 5.82 Å². The van der Waals surface area contributed by atoms with E-state index < -0.39 is 11.7 Å². The van der Waals surface area contributed by atoms with Gasteiger partial charge in [0.25, 0.3) is 5.56 Å². The van der Waals surface area contributed by atoms with Gasteiger partial charge in [0.15, 0.2) is 5.82 Å². The van der Waals surface area contributed by atoms with Gasteiger partial charge in [-0.25, -0.2) is 0 Å². The predicted molar refractivity (Wildman–Crippen MR) is 106 cm³/mol. The van der Waals surface area contributed by atoms with Crippen LogP contribution in [0, 0.1) is 0 Å². The summed E-state index contributed by atoms with van der Waals surface area (Å²) in [5.41, 5.74) is -0.955. The Bertz CT molecular complexity index is 987. The molecule has 2 aromatic rings. The Morgan fingerprint density at radius 2 is 1.97 bits per heavy atom. The van der Waals surface area contributed by atoms with Gasteiger partial charge in [-0.3, -0.25) is 14.3 Å². The van der Waals surface area contributed by atoms with Crippen molar-refractivity contribution in [2.24, 2.45) is 7.05 Å². The zero-order valence-corrected chi connectivity index (χ0v) is 16.9. The quantitative estimate of drug-likeness (QED) is 0.798. The Balaban J connectivity index is 1.59. The van der Waals surface area contributed by atoms with Crippen LogP contribution in [-0.2, 0) is 13.2 Å². The zero-order valence-electron chi connectivity index (χ0n) is 16.9. The lowest BCUT2D eigenvalue weighted by Crippen LogP contribution is -2.44. The summed E-state index contributed by atoms with van der Waals surface area (Å²) in [6.45, 7) is 1.95. The number of methoxy groups -OCH3 is 1. The number of piperidine rings is 1. The minimum atomic E-state index is -4.49. The average molecular weight is 423 g/mol. The maximum Gasteiger partial charge on any atom is 0.416 e. The van der Waals surface area contributed by atoms with Gasteiger partial charge in [0.2, 0.25) is 5.82 Å². The molecule has 1 saturated heterocycles. The van der Waals surface area contributed by atoms with E-state index in [0.717, 1.165) is 38.1 Å². The predicted octanol–water partition coefficient (Wildman–Crippen LogP) is 2.91. The molecule has 1 N–H and O–H groups in total. The molecule has 1 atom stereocenters. The number of ether oxygens (including phenoxy) is 1. The summed E-state index contributed by atoms with van der Waals surface area (Å²) in [5.74, 6) is 0.261. The molecule has 4 rings (SSSR count). The summed E-state index contributed by atoms with van der Waals surface area (Å²) in [6, 6.07) is 3.85. The Morgan fingerprint density at radius 3 is 2.63 bits per heavy atom. The molecule has 1 aliphatic carbocycles. The van der Waals surface area contributed by atoms with Gasteiger partial charge in [0.05, 0.1) is 18.2 Å². The number of nitrogens with zero attached hydrogens (tertiary/aromatic N) is 4. The molecular formula is C20H24F3N5O2. The Hall–Kier alpha value is -2.62. The minimum absolute atomic E-state index is 0.0258.